The Labute approximate surface area is 118 Å². The second-order valence-corrected chi connectivity index (χ2v) is 7.77. The summed E-state index contributed by atoms with van der Waals surface area (Å²) in [5, 5.41) is 12.1. The van der Waals surface area contributed by atoms with Gasteiger partial charge in [-0.25, -0.2) is 8.42 Å². The fraction of sp³-hybridized carbons (Fsp3) is 0.400. The third-order valence-electron chi connectivity index (χ3n) is 4.22. The van der Waals surface area contributed by atoms with E-state index in [-0.39, 0.29) is 0 Å². The van der Waals surface area contributed by atoms with Crippen molar-refractivity contribution in [2.75, 3.05) is 6.26 Å². The first-order valence-corrected chi connectivity index (χ1v) is 8.63. The van der Waals surface area contributed by atoms with Crippen LogP contribution in [0.4, 0.5) is 0 Å². The number of benzene rings is 1. The Morgan fingerprint density at radius 3 is 2.90 bits per heavy atom. The molecule has 1 fully saturated rings. The quantitative estimate of drug-likeness (QED) is 0.919. The second kappa shape index (κ2) is 4.53. The molecule has 0 bridgehead atoms. The van der Waals surface area contributed by atoms with Crippen molar-refractivity contribution in [1.29, 1.82) is 0 Å². The molecule has 4 nitrogen and oxygen atoms in total. The Kier molecular flexibility index (Phi) is 3.06. The van der Waals surface area contributed by atoms with Crippen LogP contribution in [0.25, 0.3) is 10.8 Å². The number of fused-ring (bicyclic) bond motifs is 1. The van der Waals surface area contributed by atoms with Crippen molar-refractivity contribution in [3.05, 3.63) is 42.2 Å². The van der Waals surface area contributed by atoms with Gasteiger partial charge in [0.25, 0.3) is 0 Å². The number of aromatic nitrogens is 1. The zero-order chi connectivity index (χ0) is 14.4. The molecule has 0 amide bonds. The van der Waals surface area contributed by atoms with E-state index in [9.17, 15) is 13.5 Å². The Morgan fingerprint density at radius 1 is 1.35 bits per heavy atom. The molecule has 1 heterocycles. The van der Waals surface area contributed by atoms with Gasteiger partial charge in [-0.3, -0.25) is 4.98 Å². The van der Waals surface area contributed by atoms with Gasteiger partial charge in [-0.15, -0.1) is 0 Å². The lowest BCUT2D eigenvalue weighted by atomic mass is 9.88. The van der Waals surface area contributed by atoms with Crippen molar-refractivity contribution in [1.82, 2.24) is 4.98 Å². The highest BCUT2D eigenvalue weighted by atomic mass is 32.2. The molecule has 0 spiro atoms. The van der Waals surface area contributed by atoms with E-state index in [4.69, 9.17) is 0 Å². The summed E-state index contributed by atoms with van der Waals surface area (Å²) < 4.78 is 24.0. The first-order chi connectivity index (χ1) is 9.43. The molecule has 106 valence electrons. The van der Waals surface area contributed by atoms with Gasteiger partial charge in [0.15, 0.2) is 9.84 Å². The van der Waals surface area contributed by atoms with Crippen LogP contribution in [0, 0.1) is 0 Å². The molecule has 5 heteroatoms. The summed E-state index contributed by atoms with van der Waals surface area (Å²) in [5.41, 5.74) is -0.598. The Hall–Kier alpha value is -1.46. The highest BCUT2D eigenvalue weighted by molar-refractivity contribution is 7.91. The number of sulfone groups is 1. The summed E-state index contributed by atoms with van der Waals surface area (Å²) in [6.45, 7) is 0. The van der Waals surface area contributed by atoms with Crippen LogP contribution < -0.4 is 0 Å². The lowest BCUT2D eigenvalue weighted by Gasteiger charge is -2.30. The van der Waals surface area contributed by atoms with Crippen molar-refractivity contribution in [3.63, 3.8) is 0 Å². The van der Waals surface area contributed by atoms with Crippen molar-refractivity contribution in [2.24, 2.45) is 0 Å². The van der Waals surface area contributed by atoms with Crippen LogP contribution in [0.15, 0.2) is 36.7 Å². The van der Waals surface area contributed by atoms with Gasteiger partial charge in [0.1, 0.15) is 5.60 Å². The Morgan fingerprint density at radius 2 is 2.15 bits per heavy atom. The van der Waals surface area contributed by atoms with Crippen LogP contribution >= 0.6 is 0 Å². The summed E-state index contributed by atoms with van der Waals surface area (Å²) in [6, 6.07) is 7.42. The zero-order valence-electron chi connectivity index (χ0n) is 11.3. The SMILES string of the molecule is CS(=O)(=O)C1CCCC1(O)c1cccc2cnccc12. The molecule has 2 aromatic rings. The summed E-state index contributed by atoms with van der Waals surface area (Å²) in [5.74, 6) is 0. The molecule has 0 saturated heterocycles. The molecule has 20 heavy (non-hydrogen) atoms. The Bertz CT molecular complexity index is 751. The maximum Gasteiger partial charge on any atom is 0.153 e. The van der Waals surface area contributed by atoms with Gasteiger partial charge in [0.05, 0.1) is 5.25 Å². The molecular weight excluding hydrogens is 274 g/mol. The summed E-state index contributed by atoms with van der Waals surface area (Å²) in [4.78, 5) is 4.07. The second-order valence-electron chi connectivity index (χ2n) is 5.54. The lowest BCUT2D eigenvalue weighted by molar-refractivity contribution is 0.0492. The predicted molar refractivity (Wildman–Crippen MR) is 78.1 cm³/mol. The molecule has 1 saturated carbocycles. The fourth-order valence-electron chi connectivity index (χ4n) is 3.33. The number of nitrogens with zero attached hydrogens (tertiary/aromatic N) is 1. The van der Waals surface area contributed by atoms with E-state index >= 15 is 0 Å². The van der Waals surface area contributed by atoms with Crippen LogP contribution in [-0.2, 0) is 15.4 Å². The molecular formula is C15H17NO3S. The fourth-order valence-corrected chi connectivity index (χ4v) is 4.88. The molecule has 1 aromatic carbocycles. The molecule has 1 aromatic heterocycles. The van der Waals surface area contributed by atoms with Crippen LogP contribution in [0.1, 0.15) is 24.8 Å². The first kappa shape index (κ1) is 13.5. The maximum atomic E-state index is 12.0. The molecule has 2 unspecified atom stereocenters. The van der Waals surface area contributed by atoms with E-state index in [1.807, 2.05) is 24.3 Å². The zero-order valence-corrected chi connectivity index (χ0v) is 12.1. The van der Waals surface area contributed by atoms with E-state index in [1.54, 1.807) is 12.4 Å². The topological polar surface area (TPSA) is 67.3 Å². The average molecular weight is 291 g/mol. The van der Waals surface area contributed by atoms with Crippen LogP contribution in [0.5, 0.6) is 0 Å². The van der Waals surface area contributed by atoms with Crippen molar-refractivity contribution < 1.29 is 13.5 Å². The van der Waals surface area contributed by atoms with E-state index in [1.165, 1.54) is 6.26 Å². The normalized spacial score (nSPS) is 27.0. The minimum Gasteiger partial charge on any atom is -0.384 e. The number of hydrogen-bond acceptors (Lipinski definition) is 4. The summed E-state index contributed by atoms with van der Waals surface area (Å²) in [6.07, 6.45) is 6.31. The van der Waals surface area contributed by atoms with Crippen LogP contribution in [0.2, 0.25) is 0 Å². The van der Waals surface area contributed by atoms with Crippen molar-refractivity contribution in [2.45, 2.75) is 30.1 Å². The Balaban J connectivity index is 2.24. The molecule has 0 aliphatic heterocycles. The molecule has 0 radical (unpaired) electrons. The molecule has 1 aliphatic carbocycles. The lowest BCUT2D eigenvalue weighted by Crippen LogP contribution is -2.39. The first-order valence-electron chi connectivity index (χ1n) is 6.67. The minimum atomic E-state index is -3.29. The van der Waals surface area contributed by atoms with E-state index < -0.39 is 20.7 Å². The molecule has 1 N–H and O–H groups in total. The van der Waals surface area contributed by atoms with Crippen LogP contribution in [0.3, 0.4) is 0 Å². The minimum absolute atomic E-state index is 0.478. The number of hydrogen-bond donors (Lipinski definition) is 1. The number of rotatable bonds is 2. The van der Waals surface area contributed by atoms with E-state index in [0.717, 1.165) is 17.2 Å². The van der Waals surface area contributed by atoms with Crippen LogP contribution in [-0.4, -0.2) is 30.0 Å². The molecule has 3 rings (SSSR count). The van der Waals surface area contributed by atoms with Gasteiger partial charge >= 0.3 is 0 Å². The standard InChI is InChI=1S/C15H17NO3S/c1-20(18,19)14-6-3-8-15(14,17)13-5-2-4-11-10-16-9-7-12(11)13/h2,4-5,7,9-10,14,17H,3,6,8H2,1H3. The molecule has 2 atom stereocenters. The van der Waals surface area contributed by atoms with Gasteiger partial charge in [-0.2, -0.15) is 0 Å². The van der Waals surface area contributed by atoms with Gasteiger partial charge in [-0.1, -0.05) is 18.2 Å². The number of aliphatic hydroxyl groups is 1. The highest BCUT2D eigenvalue weighted by Crippen LogP contribution is 2.44. The van der Waals surface area contributed by atoms with Gasteiger partial charge in [-0.05, 0) is 36.3 Å². The van der Waals surface area contributed by atoms with Crippen molar-refractivity contribution in [3.8, 4) is 0 Å². The molecule has 1 aliphatic rings. The third kappa shape index (κ3) is 2.01. The maximum absolute atomic E-state index is 12.0. The largest absolute Gasteiger partial charge is 0.384 e. The summed E-state index contributed by atoms with van der Waals surface area (Å²) >= 11 is 0. The number of pyridine rings is 1. The third-order valence-corrected chi connectivity index (χ3v) is 5.88. The van der Waals surface area contributed by atoms with Gasteiger partial charge in [0, 0.05) is 24.0 Å². The predicted octanol–water partition coefficient (Wildman–Crippen LogP) is 2.02. The monoisotopic (exact) mass is 291 g/mol. The summed E-state index contributed by atoms with van der Waals surface area (Å²) in [7, 11) is -3.29. The van der Waals surface area contributed by atoms with Gasteiger partial charge < -0.3 is 5.11 Å². The van der Waals surface area contributed by atoms with Crippen molar-refractivity contribution >= 4 is 20.6 Å². The smallest absolute Gasteiger partial charge is 0.153 e. The van der Waals surface area contributed by atoms with E-state index in [0.29, 0.717) is 18.4 Å². The highest BCUT2D eigenvalue weighted by Gasteiger charge is 2.48. The van der Waals surface area contributed by atoms with E-state index in [2.05, 4.69) is 4.98 Å². The van der Waals surface area contributed by atoms with Gasteiger partial charge in [0.2, 0.25) is 0 Å². The average Bonchev–Trinajstić information content (AvgIpc) is 2.81.